The van der Waals surface area contributed by atoms with Gasteiger partial charge in [-0.05, 0) is 30.7 Å². The first kappa shape index (κ1) is 17.1. The minimum absolute atomic E-state index is 0.290. The molecule has 0 aromatic heterocycles. The summed E-state index contributed by atoms with van der Waals surface area (Å²) in [5, 5.41) is 3.77. The molecule has 7 heteroatoms. The number of benzene rings is 1. The van der Waals surface area contributed by atoms with Crippen LogP contribution in [-0.2, 0) is 16.6 Å². The fourth-order valence-electron chi connectivity index (χ4n) is 2.17. The highest BCUT2D eigenvalue weighted by Gasteiger charge is 2.26. The lowest BCUT2D eigenvalue weighted by molar-refractivity contribution is 0.443. The Morgan fingerprint density at radius 2 is 2.05 bits per heavy atom. The molecular formula is C14H21ClN2O2S2. The maximum Gasteiger partial charge on any atom is 0.243 e. The van der Waals surface area contributed by atoms with E-state index in [2.05, 4.69) is 12.2 Å². The van der Waals surface area contributed by atoms with Crippen LogP contribution in [0.15, 0.2) is 23.1 Å². The average Bonchev–Trinajstić information content (AvgIpc) is 2.50. The molecule has 0 amide bonds. The number of nitrogens with one attached hydrogen (secondary N) is 1. The number of halogens is 1. The van der Waals surface area contributed by atoms with Crippen molar-refractivity contribution in [3.05, 3.63) is 28.8 Å². The smallest absolute Gasteiger partial charge is 0.243 e. The Hall–Kier alpha value is -0.270. The van der Waals surface area contributed by atoms with Gasteiger partial charge in [0.1, 0.15) is 0 Å². The number of sulfonamides is 1. The van der Waals surface area contributed by atoms with Gasteiger partial charge in [-0.15, -0.1) is 0 Å². The summed E-state index contributed by atoms with van der Waals surface area (Å²) in [6.45, 7) is 4.82. The molecule has 1 aliphatic rings. The van der Waals surface area contributed by atoms with Gasteiger partial charge in [-0.3, -0.25) is 0 Å². The first-order chi connectivity index (χ1) is 10.1. The average molecular weight is 349 g/mol. The van der Waals surface area contributed by atoms with Crippen LogP contribution in [0.2, 0.25) is 5.02 Å². The van der Waals surface area contributed by atoms with Crippen molar-refractivity contribution < 1.29 is 8.42 Å². The van der Waals surface area contributed by atoms with Crippen molar-refractivity contribution in [1.29, 1.82) is 0 Å². The Bertz CT molecular complexity index is 572. The summed E-state index contributed by atoms with van der Waals surface area (Å²) in [7, 11) is -3.41. The minimum Gasteiger partial charge on any atom is -0.313 e. The molecule has 4 nitrogen and oxygen atoms in total. The molecule has 1 aromatic carbocycles. The van der Waals surface area contributed by atoms with Crippen LogP contribution in [0.25, 0.3) is 0 Å². The number of rotatable bonds is 6. The molecule has 1 N–H and O–H groups in total. The van der Waals surface area contributed by atoms with Crippen molar-refractivity contribution in [1.82, 2.24) is 9.62 Å². The lowest BCUT2D eigenvalue weighted by atomic mass is 10.2. The molecule has 1 aromatic rings. The van der Waals surface area contributed by atoms with Crippen molar-refractivity contribution in [2.45, 2.75) is 24.8 Å². The molecule has 1 aliphatic heterocycles. The molecule has 0 saturated carbocycles. The molecule has 1 saturated heterocycles. The summed E-state index contributed by atoms with van der Waals surface area (Å²) in [4.78, 5) is 0.290. The lowest BCUT2D eigenvalue weighted by Crippen LogP contribution is -2.37. The molecule has 1 fully saturated rings. The van der Waals surface area contributed by atoms with Crippen LogP contribution in [0.4, 0.5) is 0 Å². The van der Waals surface area contributed by atoms with Crippen LogP contribution in [-0.4, -0.2) is 43.9 Å². The van der Waals surface area contributed by atoms with Crippen molar-refractivity contribution in [2.75, 3.05) is 31.1 Å². The molecular weight excluding hydrogens is 328 g/mol. The van der Waals surface area contributed by atoms with Gasteiger partial charge in [0.2, 0.25) is 10.0 Å². The lowest BCUT2D eigenvalue weighted by Gasteiger charge is -2.25. The van der Waals surface area contributed by atoms with Crippen LogP contribution in [0.5, 0.6) is 0 Å². The SMILES string of the molecule is CCCNCc1ccc(S(=O)(=O)N2CCSCC2)cc1Cl. The van der Waals surface area contributed by atoms with Gasteiger partial charge in [-0.2, -0.15) is 16.1 Å². The molecule has 0 unspecified atom stereocenters. The zero-order valence-electron chi connectivity index (χ0n) is 12.1. The molecule has 0 aliphatic carbocycles. The van der Waals surface area contributed by atoms with E-state index in [0.29, 0.717) is 29.6 Å². The van der Waals surface area contributed by atoms with E-state index in [0.717, 1.165) is 30.0 Å². The van der Waals surface area contributed by atoms with Crippen LogP contribution in [0, 0.1) is 0 Å². The quantitative estimate of drug-likeness (QED) is 0.803. The minimum atomic E-state index is -3.41. The second-order valence-corrected chi connectivity index (χ2v) is 8.52. The first-order valence-corrected chi connectivity index (χ1v) is 10.1. The van der Waals surface area contributed by atoms with E-state index in [1.54, 1.807) is 34.3 Å². The Balaban J connectivity index is 2.14. The van der Waals surface area contributed by atoms with Gasteiger partial charge in [0, 0.05) is 36.2 Å². The Labute approximate surface area is 136 Å². The second kappa shape index (κ2) is 7.83. The van der Waals surface area contributed by atoms with E-state index in [-0.39, 0.29) is 0 Å². The second-order valence-electron chi connectivity index (χ2n) is 4.95. The number of hydrogen-bond donors (Lipinski definition) is 1. The normalized spacial score (nSPS) is 17.0. The number of thioether (sulfide) groups is 1. The van der Waals surface area contributed by atoms with E-state index in [1.165, 1.54) is 0 Å². The van der Waals surface area contributed by atoms with Gasteiger partial charge < -0.3 is 5.32 Å². The Morgan fingerprint density at radius 1 is 1.33 bits per heavy atom. The third-order valence-electron chi connectivity index (χ3n) is 3.37. The van der Waals surface area contributed by atoms with Crippen LogP contribution < -0.4 is 5.32 Å². The molecule has 0 atom stereocenters. The molecule has 0 bridgehead atoms. The molecule has 0 spiro atoms. The topological polar surface area (TPSA) is 49.4 Å². The zero-order valence-corrected chi connectivity index (χ0v) is 14.5. The van der Waals surface area contributed by atoms with E-state index < -0.39 is 10.0 Å². The van der Waals surface area contributed by atoms with Crippen molar-refractivity contribution in [3.63, 3.8) is 0 Å². The summed E-state index contributed by atoms with van der Waals surface area (Å²) < 4.78 is 26.7. The summed E-state index contributed by atoms with van der Waals surface area (Å²) in [5.74, 6) is 1.71. The fourth-order valence-corrected chi connectivity index (χ4v) is 5.08. The molecule has 2 rings (SSSR count). The number of hydrogen-bond acceptors (Lipinski definition) is 4. The maximum atomic E-state index is 12.6. The van der Waals surface area contributed by atoms with Crippen molar-refractivity contribution in [3.8, 4) is 0 Å². The van der Waals surface area contributed by atoms with Crippen LogP contribution in [0.1, 0.15) is 18.9 Å². The standard InChI is InChI=1S/C14H21ClN2O2S2/c1-2-5-16-11-12-3-4-13(10-14(12)15)21(18,19)17-6-8-20-9-7-17/h3-4,10,16H,2,5-9,11H2,1H3. The monoisotopic (exact) mass is 348 g/mol. The molecule has 21 heavy (non-hydrogen) atoms. The summed E-state index contributed by atoms with van der Waals surface area (Å²) >= 11 is 8.01. The van der Waals surface area contributed by atoms with E-state index in [9.17, 15) is 8.42 Å². The number of nitrogens with zero attached hydrogens (tertiary/aromatic N) is 1. The Kier molecular flexibility index (Phi) is 6.37. The van der Waals surface area contributed by atoms with E-state index in [1.807, 2.05) is 0 Å². The largest absolute Gasteiger partial charge is 0.313 e. The van der Waals surface area contributed by atoms with Gasteiger partial charge in [-0.1, -0.05) is 24.6 Å². The third kappa shape index (κ3) is 4.36. The van der Waals surface area contributed by atoms with Gasteiger partial charge in [0.05, 0.1) is 4.90 Å². The maximum absolute atomic E-state index is 12.6. The van der Waals surface area contributed by atoms with Crippen molar-refractivity contribution >= 4 is 33.4 Å². The van der Waals surface area contributed by atoms with Gasteiger partial charge >= 0.3 is 0 Å². The molecule has 0 radical (unpaired) electrons. The van der Waals surface area contributed by atoms with Crippen molar-refractivity contribution in [2.24, 2.45) is 0 Å². The van der Waals surface area contributed by atoms with Gasteiger partial charge in [-0.25, -0.2) is 8.42 Å². The predicted molar refractivity (Wildman–Crippen MR) is 89.5 cm³/mol. The predicted octanol–water partition coefficient (Wildman–Crippen LogP) is 2.58. The van der Waals surface area contributed by atoms with Gasteiger partial charge in [0.15, 0.2) is 0 Å². The van der Waals surface area contributed by atoms with Crippen LogP contribution in [0.3, 0.4) is 0 Å². The molecule has 118 valence electrons. The molecule has 1 heterocycles. The van der Waals surface area contributed by atoms with E-state index >= 15 is 0 Å². The highest BCUT2D eigenvalue weighted by molar-refractivity contribution is 7.99. The van der Waals surface area contributed by atoms with E-state index in [4.69, 9.17) is 11.6 Å². The summed E-state index contributed by atoms with van der Waals surface area (Å²) in [5.41, 5.74) is 0.929. The zero-order chi connectivity index (χ0) is 15.3. The first-order valence-electron chi connectivity index (χ1n) is 7.12. The summed E-state index contributed by atoms with van der Waals surface area (Å²) in [6.07, 6.45) is 1.05. The Morgan fingerprint density at radius 3 is 2.67 bits per heavy atom. The highest BCUT2D eigenvalue weighted by atomic mass is 35.5. The summed E-state index contributed by atoms with van der Waals surface area (Å²) in [6, 6.07) is 5.03. The van der Waals surface area contributed by atoms with Crippen LogP contribution >= 0.6 is 23.4 Å². The van der Waals surface area contributed by atoms with Gasteiger partial charge in [0.25, 0.3) is 0 Å². The third-order valence-corrected chi connectivity index (χ3v) is 6.56. The highest BCUT2D eigenvalue weighted by Crippen LogP contribution is 2.25. The fraction of sp³-hybridized carbons (Fsp3) is 0.571.